The monoisotopic (exact) mass is 180 g/mol. The van der Waals surface area contributed by atoms with Gasteiger partial charge in [-0.05, 0) is 12.8 Å². The number of hydrogen-bond acceptors (Lipinski definition) is 2. The predicted molar refractivity (Wildman–Crippen MR) is 36.1 cm³/mol. The Hall–Kier alpha value is -0.710. The van der Waals surface area contributed by atoms with E-state index in [2.05, 4.69) is 0 Å². The van der Waals surface area contributed by atoms with E-state index in [1.165, 1.54) is 0 Å². The van der Waals surface area contributed by atoms with Crippen molar-refractivity contribution in [2.75, 3.05) is 6.61 Å². The summed E-state index contributed by atoms with van der Waals surface area (Å²) in [6.07, 6.45) is -2.02. The molecule has 0 aromatic carbocycles. The molecule has 1 fully saturated rings. The molecule has 3 nitrogen and oxygen atoms in total. The zero-order chi connectivity index (χ0) is 9.14. The first-order valence-corrected chi connectivity index (χ1v) is 3.72. The first kappa shape index (κ1) is 9.38. The van der Waals surface area contributed by atoms with E-state index in [4.69, 9.17) is 9.84 Å². The van der Waals surface area contributed by atoms with Crippen molar-refractivity contribution in [1.29, 1.82) is 0 Å². The number of alkyl halides is 2. The van der Waals surface area contributed by atoms with Crippen LogP contribution in [0, 0.1) is 5.92 Å². The summed E-state index contributed by atoms with van der Waals surface area (Å²) in [7, 11) is 0. The number of halogens is 2. The number of carbonyl (C=O) groups is 1. The van der Waals surface area contributed by atoms with Gasteiger partial charge in [0.2, 0.25) is 0 Å². The zero-order valence-electron chi connectivity index (χ0n) is 6.37. The summed E-state index contributed by atoms with van der Waals surface area (Å²) in [5.41, 5.74) is 0. The van der Waals surface area contributed by atoms with Crippen LogP contribution < -0.4 is 0 Å². The summed E-state index contributed by atoms with van der Waals surface area (Å²) in [5.74, 6) is -1.26. The van der Waals surface area contributed by atoms with E-state index in [0.717, 1.165) is 0 Å². The van der Waals surface area contributed by atoms with Crippen LogP contribution >= 0.6 is 0 Å². The lowest BCUT2D eigenvalue weighted by molar-refractivity contribution is -0.152. The Morgan fingerprint density at radius 2 is 2.17 bits per heavy atom. The molecule has 1 aliphatic rings. The Kier molecular flexibility index (Phi) is 2.97. The second-order valence-corrected chi connectivity index (χ2v) is 2.85. The molecule has 0 aromatic rings. The molecule has 0 radical (unpaired) electrons. The second-order valence-electron chi connectivity index (χ2n) is 2.85. The van der Waals surface area contributed by atoms with E-state index in [9.17, 15) is 13.6 Å². The molecule has 5 heteroatoms. The third-order valence-corrected chi connectivity index (χ3v) is 1.90. The van der Waals surface area contributed by atoms with Gasteiger partial charge < -0.3 is 9.84 Å². The summed E-state index contributed by atoms with van der Waals surface area (Å²) in [6.45, 7) is -0.586. The first-order chi connectivity index (χ1) is 5.59. The van der Waals surface area contributed by atoms with Crippen LogP contribution in [0.2, 0.25) is 0 Å². The minimum Gasteiger partial charge on any atom is -0.481 e. The van der Waals surface area contributed by atoms with E-state index in [1.807, 2.05) is 0 Å². The molecule has 0 saturated heterocycles. The highest BCUT2D eigenvalue weighted by molar-refractivity contribution is 5.71. The number of hydrogen-bond donors (Lipinski definition) is 1. The number of rotatable bonds is 4. The number of aliphatic carboxylic acids is 1. The number of ether oxygens (including phenoxy) is 1. The van der Waals surface area contributed by atoms with Crippen molar-refractivity contribution in [2.45, 2.75) is 25.4 Å². The van der Waals surface area contributed by atoms with Crippen LogP contribution in [-0.4, -0.2) is 30.2 Å². The third-order valence-electron chi connectivity index (χ3n) is 1.90. The van der Waals surface area contributed by atoms with Crippen LogP contribution in [0.15, 0.2) is 0 Å². The predicted octanol–water partition coefficient (Wildman–Crippen LogP) is 1.13. The van der Waals surface area contributed by atoms with Crippen LogP contribution in [0.5, 0.6) is 0 Å². The van der Waals surface area contributed by atoms with Crippen molar-refractivity contribution in [3.05, 3.63) is 0 Å². The van der Waals surface area contributed by atoms with E-state index in [-0.39, 0.29) is 6.10 Å². The van der Waals surface area contributed by atoms with Crippen molar-refractivity contribution < 1.29 is 23.4 Å². The first-order valence-electron chi connectivity index (χ1n) is 3.72. The smallest absolute Gasteiger partial charge is 0.306 e. The normalized spacial score (nSPS) is 28.6. The van der Waals surface area contributed by atoms with Gasteiger partial charge >= 0.3 is 5.97 Å². The van der Waals surface area contributed by atoms with Gasteiger partial charge in [-0.15, -0.1) is 0 Å². The fourth-order valence-corrected chi connectivity index (χ4v) is 1.11. The molecular formula is C7H10F2O3. The summed E-state index contributed by atoms with van der Waals surface area (Å²) < 4.78 is 27.8. The van der Waals surface area contributed by atoms with Gasteiger partial charge in [-0.1, -0.05) is 0 Å². The molecule has 0 heterocycles. The maximum Gasteiger partial charge on any atom is 0.306 e. The second kappa shape index (κ2) is 3.80. The Bertz CT molecular complexity index is 166. The van der Waals surface area contributed by atoms with Crippen LogP contribution in [0.3, 0.4) is 0 Å². The number of carboxylic acid groups (broad SMARTS) is 1. The summed E-state index contributed by atoms with van der Waals surface area (Å²) >= 11 is 0. The Balaban J connectivity index is 2.06. The van der Waals surface area contributed by atoms with Crippen LogP contribution in [0.25, 0.3) is 0 Å². The number of carboxylic acids is 1. The van der Waals surface area contributed by atoms with Crippen LogP contribution in [-0.2, 0) is 9.53 Å². The fourth-order valence-electron chi connectivity index (χ4n) is 1.11. The molecule has 70 valence electrons. The van der Waals surface area contributed by atoms with E-state index < -0.39 is 24.9 Å². The average Bonchev–Trinajstić information content (AvgIpc) is 1.82. The maximum absolute atomic E-state index is 11.6. The highest BCUT2D eigenvalue weighted by atomic mass is 19.3. The lowest BCUT2D eigenvalue weighted by atomic mass is 9.82. The summed E-state index contributed by atoms with van der Waals surface area (Å²) in [6, 6.07) is 0. The van der Waals surface area contributed by atoms with Crippen molar-refractivity contribution in [3.8, 4) is 0 Å². The fraction of sp³-hybridized carbons (Fsp3) is 0.857. The SMILES string of the molecule is O=C(O)C1CC(OCC(F)F)C1. The lowest BCUT2D eigenvalue weighted by Gasteiger charge is -2.31. The molecular weight excluding hydrogens is 170 g/mol. The van der Waals surface area contributed by atoms with E-state index in [0.29, 0.717) is 12.8 Å². The van der Waals surface area contributed by atoms with Crippen molar-refractivity contribution >= 4 is 5.97 Å². The van der Waals surface area contributed by atoms with Gasteiger partial charge in [0.1, 0.15) is 6.61 Å². The van der Waals surface area contributed by atoms with Gasteiger partial charge in [-0.2, -0.15) is 0 Å². The third kappa shape index (κ3) is 2.41. The van der Waals surface area contributed by atoms with Gasteiger partial charge in [-0.25, -0.2) is 8.78 Å². The lowest BCUT2D eigenvalue weighted by Crippen LogP contribution is -2.37. The molecule has 0 unspecified atom stereocenters. The molecule has 1 N–H and O–H groups in total. The van der Waals surface area contributed by atoms with Crippen molar-refractivity contribution in [1.82, 2.24) is 0 Å². The van der Waals surface area contributed by atoms with Gasteiger partial charge in [0.15, 0.2) is 0 Å². The molecule has 0 bridgehead atoms. The van der Waals surface area contributed by atoms with Gasteiger partial charge in [0, 0.05) is 0 Å². The quantitative estimate of drug-likeness (QED) is 0.705. The van der Waals surface area contributed by atoms with Crippen molar-refractivity contribution in [3.63, 3.8) is 0 Å². The molecule has 0 amide bonds. The molecule has 0 aromatic heterocycles. The van der Waals surface area contributed by atoms with Crippen molar-refractivity contribution in [2.24, 2.45) is 5.92 Å². The molecule has 1 rings (SSSR count). The summed E-state index contributed by atoms with van der Waals surface area (Å²) in [5, 5.41) is 8.42. The topological polar surface area (TPSA) is 46.5 Å². The molecule has 0 aliphatic heterocycles. The minimum absolute atomic E-state index is 0.278. The molecule has 0 atom stereocenters. The molecule has 12 heavy (non-hydrogen) atoms. The standard InChI is InChI=1S/C7H10F2O3/c8-6(9)3-12-5-1-4(2-5)7(10)11/h4-6H,1-3H2,(H,10,11). The van der Waals surface area contributed by atoms with Crippen LogP contribution in [0.4, 0.5) is 8.78 Å². The van der Waals surface area contributed by atoms with Crippen LogP contribution in [0.1, 0.15) is 12.8 Å². The van der Waals surface area contributed by atoms with Gasteiger partial charge in [0.25, 0.3) is 6.43 Å². The molecule has 1 aliphatic carbocycles. The molecule has 0 spiro atoms. The highest BCUT2D eigenvalue weighted by Crippen LogP contribution is 2.30. The van der Waals surface area contributed by atoms with Gasteiger partial charge in [0.05, 0.1) is 12.0 Å². The maximum atomic E-state index is 11.6. The van der Waals surface area contributed by atoms with E-state index in [1.54, 1.807) is 0 Å². The zero-order valence-corrected chi connectivity index (χ0v) is 6.37. The molecule has 1 saturated carbocycles. The summed E-state index contributed by atoms with van der Waals surface area (Å²) in [4.78, 5) is 10.3. The largest absolute Gasteiger partial charge is 0.481 e. The minimum atomic E-state index is -2.46. The average molecular weight is 180 g/mol. The Morgan fingerprint density at radius 1 is 1.58 bits per heavy atom. The Morgan fingerprint density at radius 3 is 2.58 bits per heavy atom. The van der Waals surface area contributed by atoms with Gasteiger partial charge in [-0.3, -0.25) is 4.79 Å². The van der Waals surface area contributed by atoms with E-state index >= 15 is 0 Å². The Labute approximate surface area is 68.3 Å². The highest BCUT2D eigenvalue weighted by Gasteiger charge is 2.35.